The highest BCUT2D eigenvalue weighted by molar-refractivity contribution is 6.01. The highest BCUT2D eigenvalue weighted by atomic mass is 16.5. The number of allylic oxidation sites excluding steroid dienone is 2. The molecule has 0 bridgehead atoms. The first-order valence-corrected chi connectivity index (χ1v) is 7.74. The molecule has 1 unspecified atom stereocenters. The summed E-state index contributed by atoms with van der Waals surface area (Å²) in [5, 5.41) is 10.2. The third-order valence-electron chi connectivity index (χ3n) is 3.96. The maximum absolute atomic E-state index is 11.9. The lowest BCUT2D eigenvalue weighted by Crippen LogP contribution is -2.32. The molecule has 1 aromatic rings. The summed E-state index contributed by atoms with van der Waals surface area (Å²) in [6.07, 6.45) is 7.71. The van der Waals surface area contributed by atoms with Gasteiger partial charge in [-0.2, -0.15) is 0 Å². The second kappa shape index (κ2) is 6.49. The standard InChI is InChI=1S/C19H24O4/c1-12(2)7-6-9-19(4)10-8-14-16(22-5)11-15(21)17(13(3)20)18(14)23-19/h7-8,10-11,21H,6,9H2,1-5H3. The molecule has 124 valence electrons. The average molecular weight is 316 g/mol. The highest BCUT2D eigenvalue weighted by Gasteiger charge is 2.32. The molecule has 1 aliphatic rings. The molecule has 0 saturated carbocycles. The number of Topliss-reactive ketones (excluding diaryl/α,β-unsaturated/α-hetero) is 1. The van der Waals surface area contributed by atoms with E-state index >= 15 is 0 Å². The van der Waals surface area contributed by atoms with E-state index in [9.17, 15) is 9.90 Å². The SMILES string of the molecule is COc1cc(O)c(C(C)=O)c2c1C=CC(C)(CCC=C(C)C)O2. The van der Waals surface area contributed by atoms with E-state index in [0.29, 0.717) is 17.1 Å². The zero-order chi connectivity index (χ0) is 17.2. The van der Waals surface area contributed by atoms with E-state index in [1.165, 1.54) is 25.7 Å². The number of hydrogen-bond acceptors (Lipinski definition) is 4. The molecular weight excluding hydrogens is 292 g/mol. The van der Waals surface area contributed by atoms with Gasteiger partial charge in [0.15, 0.2) is 5.78 Å². The Morgan fingerprint density at radius 3 is 2.65 bits per heavy atom. The van der Waals surface area contributed by atoms with Gasteiger partial charge in [0.2, 0.25) is 0 Å². The van der Waals surface area contributed by atoms with Crippen molar-refractivity contribution in [3.8, 4) is 17.2 Å². The number of methoxy groups -OCH3 is 1. The quantitative estimate of drug-likeness (QED) is 0.641. The monoisotopic (exact) mass is 316 g/mol. The van der Waals surface area contributed by atoms with Crippen LogP contribution in [-0.4, -0.2) is 23.6 Å². The van der Waals surface area contributed by atoms with Crippen LogP contribution < -0.4 is 9.47 Å². The van der Waals surface area contributed by atoms with Crippen molar-refractivity contribution in [1.82, 2.24) is 0 Å². The van der Waals surface area contributed by atoms with Crippen LogP contribution in [0.3, 0.4) is 0 Å². The molecule has 1 aromatic carbocycles. The Hall–Kier alpha value is -2.23. The Kier molecular flexibility index (Phi) is 4.83. The van der Waals surface area contributed by atoms with Gasteiger partial charge in [-0.3, -0.25) is 4.79 Å². The maximum atomic E-state index is 11.9. The van der Waals surface area contributed by atoms with E-state index in [4.69, 9.17) is 9.47 Å². The van der Waals surface area contributed by atoms with Gasteiger partial charge in [-0.15, -0.1) is 0 Å². The molecule has 2 rings (SSSR count). The molecule has 1 N–H and O–H groups in total. The summed E-state index contributed by atoms with van der Waals surface area (Å²) in [6, 6.07) is 1.45. The predicted molar refractivity (Wildman–Crippen MR) is 91.4 cm³/mol. The molecule has 1 atom stereocenters. The van der Waals surface area contributed by atoms with Crippen LogP contribution in [0, 0.1) is 0 Å². The lowest BCUT2D eigenvalue weighted by atomic mass is 9.92. The summed E-state index contributed by atoms with van der Waals surface area (Å²) < 4.78 is 11.4. The number of aromatic hydroxyl groups is 1. The van der Waals surface area contributed by atoms with Crippen LogP contribution in [0.25, 0.3) is 6.08 Å². The first kappa shape index (κ1) is 17.1. The summed E-state index contributed by atoms with van der Waals surface area (Å²) in [5.41, 5.74) is 1.63. The molecule has 4 nitrogen and oxygen atoms in total. The Bertz CT molecular complexity index is 681. The fourth-order valence-corrected chi connectivity index (χ4v) is 2.72. The number of hydrogen-bond donors (Lipinski definition) is 1. The molecule has 1 heterocycles. The zero-order valence-corrected chi connectivity index (χ0v) is 14.4. The molecule has 0 spiro atoms. The summed E-state index contributed by atoms with van der Waals surface area (Å²) in [5.74, 6) is 0.542. The molecule has 0 saturated heterocycles. The van der Waals surface area contributed by atoms with E-state index in [-0.39, 0.29) is 17.1 Å². The van der Waals surface area contributed by atoms with Gasteiger partial charge < -0.3 is 14.6 Å². The van der Waals surface area contributed by atoms with Crippen molar-refractivity contribution >= 4 is 11.9 Å². The van der Waals surface area contributed by atoms with Crippen molar-refractivity contribution in [1.29, 1.82) is 0 Å². The Morgan fingerprint density at radius 2 is 2.09 bits per heavy atom. The fourth-order valence-electron chi connectivity index (χ4n) is 2.72. The van der Waals surface area contributed by atoms with Crippen molar-refractivity contribution in [3.63, 3.8) is 0 Å². The first-order valence-electron chi connectivity index (χ1n) is 7.74. The van der Waals surface area contributed by atoms with Crippen LogP contribution in [0.15, 0.2) is 23.8 Å². The number of fused-ring (bicyclic) bond motifs is 1. The van der Waals surface area contributed by atoms with Crippen LogP contribution in [0.1, 0.15) is 56.5 Å². The number of benzene rings is 1. The third-order valence-corrected chi connectivity index (χ3v) is 3.96. The second-order valence-electron chi connectivity index (χ2n) is 6.34. The molecule has 0 amide bonds. The van der Waals surface area contributed by atoms with Gasteiger partial charge in [0.05, 0.1) is 12.7 Å². The van der Waals surface area contributed by atoms with Crippen LogP contribution in [-0.2, 0) is 0 Å². The topological polar surface area (TPSA) is 55.8 Å². The van der Waals surface area contributed by atoms with E-state index in [1.807, 2.05) is 19.1 Å². The van der Waals surface area contributed by atoms with Crippen molar-refractivity contribution in [2.24, 2.45) is 0 Å². The maximum Gasteiger partial charge on any atom is 0.167 e. The van der Waals surface area contributed by atoms with Gasteiger partial charge in [0.1, 0.15) is 28.4 Å². The highest BCUT2D eigenvalue weighted by Crippen LogP contribution is 2.45. The number of phenols is 1. The third kappa shape index (κ3) is 3.58. The normalized spacial score (nSPS) is 18.8. The van der Waals surface area contributed by atoms with Crippen molar-refractivity contribution in [3.05, 3.63) is 34.9 Å². The number of rotatable bonds is 5. The summed E-state index contributed by atoms with van der Waals surface area (Å²) in [6.45, 7) is 7.52. The van der Waals surface area contributed by atoms with Crippen LogP contribution >= 0.6 is 0 Å². The Morgan fingerprint density at radius 1 is 1.39 bits per heavy atom. The Labute approximate surface area is 137 Å². The Balaban J connectivity index is 2.44. The van der Waals surface area contributed by atoms with E-state index in [0.717, 1.165) is 12.8 Å². The van der Waals surface area contributed by atoms with Crippen LogP contribution in [0.2, 0.25) is 0 Å². The molecule has 4 heteroatoms. The van der Waals surface area contributed by atoms with Crippen molar-refractivity contribution < 1.29 is 19.4 Å². The zero-order valence-electron chi connectivity index (χ0n) is 14.4. The number of carbonyl (C=O) groups is 1. The lowest BCUT2D eigenvalue weighted by molar-refractivity contribution is 0.0983. The van der Waals surface area contributed by atoms with Gasteiger partial charge in [0.25, 0.3) is 0 Å². The van der Waals surface area contributed by atoms with E-state index < -0.39 is 5.60 Å². The molecule has 23 heavy (non-hydrogen) atoms. The van der Waals surface area contributed by atoms with Gasteiger partial charge in [-0.1, -0.05) is 11.6 Å². The van der Waals surface area contributed by atoms with Crippen molar-refractivity contribution in [2.75, 3.05) is 7.11 Å². The predicted octanol–water partition coefficient (Wildman–Crippen LogP) is 4.51. The number of ether oxygens (including phenoxy) is 2. The lowest BCUT2D eigenvalue weighted by Gasteiger charge is -2.33. The minimum Gasteiger partial charge on any atom is -0.507 e. The minimum atomic E-state index is -0.526. The summed E-state index contributed by atoms with van der Waals surface area (Å²) in [4.78, 5) is 11.9. The second-order valence-corrected chi connectivity index (χ2v) is 6.34. The number of phenolic OH excluding ortho intramolecular Hbond substituents is 1. The molecule has 0 aromatic heterocycles. The molecular formula is C19H24O4. The van der Waals surface area contributed by atoms with Crippen LogP contribution in [0.4, 0.5) is 0 Å². The minimum absolute atomic E-state index is 0.116. The van der Waals surface area contributed by atoms with E-state index in [1.54, 1.807) is 0 Å². The molecule has 0 aliphatic carbocycles. The summed E-state index contributed by atoms with van der Waals surface area (Å²) in [7, 11) is 1.53. The largest absolute Gasteiger partial charge is 0.507 e. The average Bonchev–Trinajstić information content (AvgIpc) is 2.44. The van der Waals surface area contributed by atoms with Gasteiger partial charge in [-0.05, 0) is 52.7 Å². The summed E-state index contributed by atoms with van der Waals surface area (Å²) >= 11 is 0. The van der Waals surface area contributed by atoms with Gasteiger partial charge >= 0.3 is 0 Å². The van der Waals surface area contributed by atoms with Crippen LogP contribution in [0.5, 0.6) is 17.2 Å². The van der Waals surface area contributed by atoms with Gasteiger partial charge in [0, 0.05) is 6.07 Å². The first-order chi connectivity index (χ1) is 10.8. The molecule has 1 aliphatic heterocycles. The smallest absolute Gasteiger partial charge is 0.167 e. The van der Waals surface area contributed by atoms with Crippen molar-refractivity contribution in [2.45, 2.75) is 46.1 Å². The number of carbonyl (C=O) groups excluding carboxylic acids is 1. The van der Waals surface area contributed by atoms with E-state index in [2.05, 4.69) is 19.9 Å². The molecule has 0 radical (unpaired) electrons. The number of ketones is 1. The fraction of sp³-hybridized carbons (Fsp3) is 0.421. The van der Waals surface area contributed by atoms with Gasteiger partial charge in [-0.25, -0.2) is 0 Å². The molecule has 0 fully saturated rings.